The minimum absolute atomic E-state index is 0.179. The SMILES string of the molecule is O=C(O)c1ccc2nonc2c1.[N-]=[N+]=N. The van der Waals surface area contributed by atoms with E-state index in [9.17, 15) is 4.79 Å². The Bertz CT molecular complexity index is 514. The molecule has 0 spiro atoms. The molecule has 0 bridgehead atoms. The van der Waals surface area contributed by atoms with E-state index in [1.54, 1.807) is 11.0 Å². The number of carbonyl (C=O) groups is 1. The van der Waals surface area contributed by atoms with E-state index in [2.05, 4.69) is 14.9 Å². The Morgan fingerprint density at radius 2 is 2.07 bits per heavy atom. The Hall–Kier alpha value is -2.60. The lowest BCUT2D eigenvalue weighted by Crippen LogP contribution is -1.94. The Balaban J connectivity index is 0.000000337. The zero-order valence-electron chi connectivity index (χ0n) is 7.28. The number of carboxylic acid groups (broad SMARTS) is 1. The third-order valence-electron chi connectivity index (χ3n) is 1.50. The third-order valence-corrected chi connectivity index (χ3v) is 1.50. The topological polar surface area (TPSA) is 136 Å². The van der Waals surface area contributed by atoms with Gasteiger partial charge in [-0.15, -0.1) is 5.53 Å². The quantitative estimate of drug-likeness (QED) is 0.417. The fourth-order valence-corrected chi connectivity index (χ4v) is 0.915. The van der Waals surface area contributed by atoms with Gasteiger partial charge in [0.05, 0.1) is 5.56 Å². The van der Waals surface area contributed by atoms with Gasteiger partial charge in [-0.05, 0) is 39.0 Å². The number of rotatable bonds is 1. The van der Waals surface area contributed by atoms with Crippen LogP contribution in [0, 0.1) is 5.53 Å². The zero-order valence-corrected chi connectivity index (χ0v) is 7.28. The maximum Gasteiger partial charge on any atom is 0.335 e. The number of hydrogen-bond acceptors (Lipinski definition) is 5. The summed E-state index contributed by atoms with van der Waals surface area (Å²) >= 11 is 0. The highest BCUT2D eigenvalue weighted by molar-refractivity contribution is 5.91. The maximum atomic E-state index is 10.5. The van der Waals surface area contributed by atoms with E-state index < -0.39 is 5.97 Å². The van der Waals surface area contributed by atoms with Gasteiger partial charge in [0, 0.05) is 0 Å². The number of nitrogens with one attached hydrogen (secondary N) is 1. The number of nitrogens with zero attached hydrogens (tertiary/aromatic N) is 4. The Labute approximate surface area is 82.5 Å². The van der Waals surface area contributed by atoms with E-state index in [1.165, 1.54) is 12.1 Å². The van der Waals surface area contributed by atoms with Crippen LogP contribution in [-0.2, 0) is 0 Å². The van der Waals surface area contributed by atoms with Gasteiger partial charge < -0.3 is 5.11 Å². The molecule has 0 aliphatic rings. The van der Waals surface area contributed by atoms with Crippen molar-refractivity contribution >= 4 is 17.0 Å². The summed E-state index contributed by atoms with van der Waals surface area (Å²) in [5.41, 5.74) is 13.4. The summed E-state index contributed by atoms with van der Waals surface area (Å²) in [6.45, 7) is 0. The number of carboxylic acids is 1. The van der Waals surface area contributed by atoms with Crippen LogP contribution in [0.3, 0.4) is 0 Å². The van der Waals surface area contributed by atoms with E-state index in [4.69, 9.17) is 16.2 Å². The Kier molecular flexibility index (Phi) is 3.20. The highest BCUT2D eigenvalue weighted by Crippen LogP contribution is 2.10. The monoisotopic (exact) mass is 207 g/mol. The molecule has 1 heterocycles. The number of aromatic carboxylic acids is 1. The summed E-state index contributed by atoms with van der Waals surface area (Å²) in [5.74, 6) is -0.986. The molecule has 0 atom stereocenters. The number of benzene rings is 1. The molecular weight excluding hydrogens is 202 g/mol. The van der Waals surface area contributed by atoms with Crippen LogP contribution < -0.4 is 0 Å². The normalized spacial score (nSPS) is 8.80. The standard InChI is InChI=1S/C7H4N2O3.HN3/c10-7(11)4-1-2-5-6(3-4)9-12-8-5;1-3-2/h1-3H,(H,10,11);1H. The molecule has 1 aromatic carbocycles. The molecular formula is C7H5N5O3. The van der Waals surface area contributed by atoms with Crippen LogP contribution in [0.4, 0.5) is 0 Å². The third kappa shape index (κ3) is 2.42. The molecule has 0 aliphatic carbocycles. The van der Waals surface area contributed by atoms with Crippen molar-refractivity contribution in [3.8, 4) is 0 Å². The Morgan fingerprint density at radius 3 is 2.67 bits per heavy atom. The fourth-order valence-electron chi connectivity index (χ4n) is 0.915. The highest BCUT2D eigenvalue weighted by atomic mass is 16.6. The van der Waals surface area contributed by atoms with E-state index >= 15 is 0 Å². The van der Waals surface area contributed by atoms with Gasteiger partial charge in [-0.1, -0.05) is 0 Å². The van der Waals surface area contributed by atoms with Gasteiger partial charge >= 0.3 is 5.97 Å². The van der Waals surface area contributed by atoms with Crippen molar-refractivity contribution in [2.75, 3.05) is 0 Å². The minimum Gasteiger partial charge on any atom is -0.478 e. The van der Waals surface area contributed by atoms with Crippen molar-refractivity contribution in [2.45, 2.75) is 0 Å². The van der Waals surface area contributed by atoms with E-state index in [-0.39, 0.29) is 5.56 Å². The minimum atomic E-state index is -0.986. The molecule has 1 aromatic heterocycles. The molecule has 0 fully saturated rings. The predicted octanol–water partition coefficient (Wildman–Crippen LogP) is 1.80. The fraction of sp³-hybridized carbons (Fsp3) is 0. The molecule has 76 valence electrons. The highest BCUT2D eigenvalue weighted by Gasteiger charge is 2.05. The summed E-state index contributed by atoms with van der Waals surface area (Å²) < 4.78 is 4.41. The summed E-state index contributed by atoms with van der Waals surface area (Å²) in [7, 11) is 0. The number of fused-ring (bicyclic) bond motifs is 1. The summed E-state index contributed by atoms with van der Waals surface area (Å²) in [6, 6.07) is 4.42. The molecule has 2 aromatic rings. The number of hydrogen-bond donors (Lipinski definition) is 2. The van der Waals surface area contributed by atoms with Crippen LogP contribution in [0.5, 0.6) is 0 Å². The molecule has 0 saturated heterocycles. The zero-order chi connectivity index (χ0) is 11.3. The average molecular weight is 207 g/mol. The van der Waals surface area contributed by atoms with Crippen LogP contribution in [0.2, 0.25) is 0 Å². The smallest absolute Gasteiger partial charge is 0.335 e. The lowest BCUT2D eigenvalue weighted by atomic mass is 10.2. The summed E-state index contributed by atoms with van der Waals surface area (Å²) in [5, 5.41) is 15.7. The molecule has 8 nitrogen and oxygen atoms in total. The van der Waals surface area contributed by atoms with Crippen LogP contribution in [0.15, 0.2) is 22.8 Å². The van der Waals surface area contributed by atoms with E-state index in [0.717, 1.165) is 0 Å². The van der Waals surface area contributed by atoms with Crippen molar-refractivity contribution in [1.82, 2.24) is 10.3 Å². The molecule has 0 unspecified atom stereocenters. The van der Waals surface area contributed by atoms with Crippen LogP contribution in [0.1, 0.15) is 10.4 Å². The van der Waals surface area contributed by atoms with Gasteiger partial charge in [0.25, 0.3) is 0 Å². The van der Waals surface area contributed by atoms with Crippen molar-refractivity contribution < 1.29 is 14.5 Å². The molecule has 0 amide bonds. The molecule has 2 rings (SSSR count). The van der Waals surface area contributed by atoms with E-state index in [0.29, 0.717) is 11.0 Å². The second-order valence-electron chi connectivity index (χ2n) is 2.37. The molecule has 2 N–H and O–H groups in total. The first-order valence-corrected chi connectivity index (χ1v) is 3.65. The predicted molar refractivity (Wildman–Crippen MR) is 48.2 cm³/mol. The molecule has 0 saturated carbocycles. The van der Waals surface area contributed by atoms with Crippen LogP contribution >= 0.6 is 0 Å². The lowest BCUT2D eigenvalue weighted by Gasteiger charge is -1.89. The van der Waals surface area contributed by atoms with Crippen LogP contribution in [0.25, 0.3) is 21.5 Å². The van der Waals surface area contributed by atoms with Gasteiger partial charge in [-0.2, -0.15) is 0 Å². The van der Waals surface area contributed by atoms with E-state index in [1.807, 2.05) is 0 Å². The first-order valence-electron chi connectivity index (χ1n) is 3.65. The van der Waals surface area contributed by atoms with Gasteiger partial charge in [0.2, 0.25) is 0 Å². The molecule has 0 aliphatic heterocycles. The first-order chi connectivity index (χ1) is 7.19. The average Bonchev–Trinajstić information content (AvgIpc) is 2.65. The van der Waals surface area contributed by atoms with Gasteiger partial charge in [-0.25, -0.2) is 9.42 Å². The summed E-state index contributed by atoms with van der Waals surface area (Å²) in [4.78, 5) is 12.2. The van der Waals surface area contributed by atoms with Gasteiger partial charge in [0.15, 0.2) is 0 Å². The molecule has 8 heteroatoms. The van der Waals surface area contributed by atoms with Crippen molar-refractivity contribution in [3.63, 3.8) is 0 Å². The summed E-state index contributed by atoms with van der Waals surface area (Å²) in [6.07, 6.45) is 0. The number of aromatic nitrogens is 2. The Morgan fingerprint density at radius 1 is 1.47 bits per heavy atom. The molecule has 0 radical (unpaired) electrons. The van der Waals surface area contributed by atoms with Gasteiger partial charge in [-0.3, -0.25) is 0 Å². The molecule has 15 heavy (non-hydrogen) atoms. The first kappa shape index (κ1) is 10.5. The van der Waals surface area contributed by atoms with Crippen molar-refractivity contribution in [2.24, 2.45) is 0 Å². The van der Waals surface area contributed by atoms with Crippen molar-refractivity contribution in [1.29, 1.82) is 5.53 Å². The maximum absolute atomic E-state index is 10.5. The largest absolute Gasteiger partial charge is 0.478 e. The van der Waals surface area contributed by atoms with Crippen molar-refractivity contribution in [3.05, 3.63) is 34.2 Å². The second-order valence-corrected chi connectivity index (χ2v) is 2.37. The second kappa shape index (κ2) is 4.58. The van der Waals surface area contributed by atoms with Gasteiger partial charge in [0.1, 0.15) is 11.0 Å². The lowest BCUT2D eigenvalue weighted by molar-refractivity contribution is 0.0697. The van der Waals surface area contributed by atoms with Crippen LogP contribution in [-0.4, -0.2) is 21.4 Å².